The lowest BCUT2D eigenvalue weighted by molar-refractivity contribution is 0.347. The number of rotatable bonds is 4. The van der Waals surface area contributed by atoms with E-state index in [9.17, 15) is 0 Å². The molecule has 1 aromatic heterocycles. The molecule has 0 spiro atoms. The molecule has 0 bridgehead atoms. The second-order valence-corrected chi connectivity index (χ2v) is 3.69. The van der Waals surface area contributed by atoms with Crippen LogP contribution in [0, 0.1) is 11.3 Å². The zero-order valence-electron chi connectivity index (χ0n) is 9.36. The van der Waals surface area contributed by atoms with Gasteiger partial charge in [-0.25, -0.2) is 0 Å². The van der Waals surface area contributed by atoms with Gasteiger partial charge in [-0.3, -0.25) is 0 Å². The highest BCUT2D eigenvalue weighted by Gasteiger charge is 2.30. The van der Waals surface area contributed by atoms with E-state index < -0.39 is 0 Å². The molecule has 0 unspecified atom stereocenters. The van der Waals surface area contributed by atoms with Gasteiger partial charge >= 0.3 is 6.01 Å². The van der Waals surface area contributed by atoms with Crippen LogP contribution in [0.25, 0.3) is 0 Å². The smallest absolute Gasteiger partial charge is 0.319 e. The molecule has 0 aliphatic heterocycles. The topological polar surface area (TPSA) is 68.0 Å². The van der Waals surface area contributed by atoms with E-state index in [1.807, 2.05) is 0 Å². The van der Waals surface area contributed by atoms with Gasteiger partial charge in [-0.1, -0.05) is 0 Å². The van der Waals surface area contributed by atoms with E-state index in [2.05, 4.69) is 16.0 Å². The summed E-state index contributed by atoms with van der Waals surface area (Å²) in [4.78, 5) is 8.41. The first-order valence-electron chi connectivity index (χ1n) is 5.16. The molecule has 84 valence electrons. The predicted molar refractivity (Wildman–Crippen MR) is 56.4 cm³/mol. The Hall–Kier alpha value is -1.83. The summed E-state index contributed by atoms with van der Waals surface area (Å²) in [6.45, 7) is 0. The van der Waals surface area contributed by atoms with Crippen LogP contribution in [0.4, 0.5) is 0 Å². The Balaban J connectivity index is 2.49. The van der Waals surface area contributed by atoms with Crippen LogP contribution in [0.3, 0.4) is 0 Å². The maximum atomic E-state index is 8.80. The summed E-state index contributed by atoms with van der Waals surface area (Å²) in [5.41, 5.74) is 1.71. The maximum absolute atomic E-state index is 8.80. The molecule has 1 aliphatic carbocycles. The quantitative estimate of drug-likeness (QED) is 0.766. The third-order valence-corrected chi connectivity index (χ3v) is 2.58. The predicted octanol–water partition coefficient (Wildman–Crippen LogP) is 1.44. The van der Waals surface area contributed by atoms with Crippen LogP contribution in [0.2, 0.25) is 0 Å². The van der Waals surface area contributed by atoms with Gasteiger partial charge in [0.2, 0.25) is 5.88 Å². The lowest BCUT2D eigenvalue weighted by Gasteiger charge is -2.10. The van der Waals surface area contributed by atoms with Crippen molar-refractivity contribution in [3.05, 3.63) is 11.3 Å². The number of hydrogen-bond donors (Lipinski definition) is 0. The molecule has 0 amide bonds. The maximum Gasteiger partial charge on any atom is 0.319 e. The Kier molecular flexibility index (Phi) is 2.91. The van der Waals surface area contributed by atoms with Crippen molar-refractivity contribution in [3.63, 3.8) is 0 Å². The summed E-state index contributed by atoms with van der Waals surface area (Å²) in [6.07, 6.45) is 2.50. The fourth-order valence-corrected chi connectivity index (χ4v) is 1.66. The fourth-order valence-electron chi connectivity index (χ4n) is 1.66. The highest BCUT2D eigenvalue weighted by Crippen LogP contribution is 2.42. The van der Waals surface area contributed by atoms with Crippen molar-refractivity contribution in [2.75, 3.05) is 14.2 Å². The Morgan fingerprint density at radius 1 is 1.31 bits per heavy atom. The second-order valence-electron chi connectivity index (χ2n) is 3.69. The molecule has 1 saturated carbocycles. The van der Waals surface area contributed by atoms with Crippen LogP contribution in [0.5, 0.6) is 11.9 Å². The summed E-state index contributed by atoms with van der Waals surface area (Å²) in [5, 5.41) is 8.80. The highest BCUT2D eigenvalue weighted by atomic mass is 16.5. The Morgan fingerprint density at radius 2 is 2.06 bits per heavy atom. The Morgan fingerprint density at radius 3 is 2.56 bits per heavy atom. The molecule has 0 atom stereocenters. The lowest BCUT2D eigenvalue weighted by Crippen LogP contribution is -2.05. The van der Waals surface area contributed by atoms with Gasteiger partial charge in [-0.15, -0.1) is 0 Å². The van der Waals surface area contributed by atoms with Gasteiger partial charge in [0.05, 0.1) is 38.0 Å². The van der Waals surface area contributed by atoms with Crippen molar-refractivity contribution in [2.45, 2.75) is 25.2 Å². The third-order valence-electron chi connectivity index (χ3n) is 2.58. The molecule has 0 N–H and O–H groups in total. The van der Waals surface area contributed by atoms with Gasteiger partial charge in [0.25, 0.3) is 0 Å². The second kappa shape index (κ2) is 4.35. The summed E-state index contributed by atoms with van der Waals surface area (Å²) in [7, 11) is 3.06. The molecule has 5 heteroatoms. The minimum absolute atomic E-state index is 0.277. The number of aromatic nitrogens is 2. The highest BCUT2D eigenvalue weighted by molar-refractivity contribution is 5.38. The standard InChI is InChI=1S/C11H13N3O2/c1-15-10-8(5-6-12)9(7-3-4-7)13-11(14-10)16-2/h7H,3-5H2,1-2H3. The average molecular weight is 219 g/mol. The summed E-state index contributed by atoms with van der Waals surface area (Å²) < 4.78 is 10.2. The summed E-state index contributed by atoms with van der Waals surface area (Å²) >= 11 is 0. The number of methoxy groups -OCH3 is 2. The van der Waals surface area contributed by atoms with Gasteiger partial charge in [0, 0.05) is 5.92 Å². The van der Waals surface area contributed by atoms with E-state index in [1.54, 1.807) is 7.11 Å². The molecule has 2 rings (SSSR count). The zero-order valence-corrected chi connectivity index (χ0v) is 9.36. The molecular weight excluding hydrogens is 206 g/mol. The Bertz CT molecular complexity index is 436. The van der Waals surface area contributed by atoms with Crippen molar-refractivity contribution in [2.24, 2.45) is 0 Å². The molecule has 1 heterocycles. The van der Waals surface area contributed by atoms with E-state index in [-0.39, 0.29) is 6.42 Å². The van der Waals surface area contributed by atoms with Crippen molar-refractivity contribution in [3.8, 4) is 18.0 Å². The number of nitriles is 1. The van der Waals surface area contributed by atoms with E-state index in [1.165, 1.54) is 7.11 Å². The molecule has 1 aromatic rings. The number of hydrogen-bond acceptors (Lipinski definition) is 5. The first-order valence-corrected chi connectivity index (χ1v) is 5.16. The molecule has 1 fully saturated rings. The molecule has 5 nitrogen and oxygen atoms in total. The summed E-state index contributed by atoms with van der Waals surface area (Å²) in [5.74, 6) is 0.893. The number of nitrogens with zero attached hydrogens (tertiary/aromatic N) is 3. The van der Waals surface area contributed by atoms with E-state index in [0.717, 1.165) is 24.1 Å². The van der Waals surface area contributed by atoms with Gasteiger partial charge in [0.1, 0.15) is 0 Å². The van der Waals surface area contributed by atoms with Gasteiger partial charge in [0.15, 0.2) is 0 Å². The average Bonchev–Trinajstić information content (AvgIpc) is 3.13. The molecule has 0 aromatic carbocycles. The minimum atomic E-state index is 0.277. The molecule has 1 aliphatic rings. The van der Waals surface area contributed by atoms with Crippen molar-refractivity contribution >= 4 is 0 Å². The van der Waals surface area contributed by atoms with E-state index in [0.29, 0.717) is 17.8 Å². The molecule has 0 saturated heterocycles. The van der Waals surface area contributed by atoms with Crippen molar-refractivity contribution in [1.82, 2.24) is 9.97 Å². The van der Waals surface area contributed by atoms with Crippen LogP contribution in [-0.4, -0.2) is 24.2 Å². The van der Waals surface area contributed by atoms with E-state index in [4.69, 9.17) is 14.7 Å². The van der Waals surface area contributed by atoms with Gasteiger partial charge in [-0.2, -0.15) is 15.2 Å². The molecule has 16 heavy (non-hydrogen) atoms. The van der Waals surface area contributed by atoms with Gasteiger partial charge in [-0.05, 0) is 12.8 Å². The third kappa shape index (κ3) is 1.91. The first-order chi connectivity index (χ1) is 7.80. The normalized spacial score (nSPS) is 14.3. The first kappa shape index (κ1) is 10.7. The number of ether oxygens (including phenoxy) is 2. The van der Waals surface area contributed by atoms with Crippen LogP contribution in [0.1, 0.15) is 30.0 Å². The fraction of sp³-hybridized carbons (Fsp3) is 0.545. The monoisotopic (exact) mass is 219 g/mol. The van der Waals surface area contributed by atoms with Crippen molar-refractivity contribution < 1.29 is 9.47 Å². The zero-order chi connectivity index (χ0) is 11.5. The van der Waals surface area contributed by atoms with Crippen molar-refractivity contribution in [1.29, 1.82) is 5.26 Å². The SMILES string of the molecule is COc1nc(OC)c(CC#N)c(C2CC2)n1. The van der Waals surface area contributed by atoms with E-state index >= 15 is 0 Å². The molecular formula is C11H13N3O2. The Labute approximate surface area is 94.0 Å². The molecule has 0 radical (unpaired) electrons. The van der Waals surface area contributed by atoms with Crippen LogP contribution < -0.4 is 9.47 Å². The minimum Gasteiger partial charge on any atom is -0.481 e. The van der Waals surface area contributed by atoms with Crippen LogP contribution in [0.15, 0.2) is 0 Å². The lowest BCUT2D eigenvalue weighted by atomic mass is 10.1. The van der Waals surface area contributed by atoms with Gasteiger partial charge < -0.3 is 9.47 Å². The summed E-state index contributed by atoms with van der Waals surface area (Å²) in [6, 6.07) is 2.42. The van der Waals surface area contributed by atoms with Crippen LogP contribution >= 0.6 is 0 Å². The van der Waals surface area contributed by atoms with Crippen LogP contribution in [-0.2, 0) is 6.42 Å². The largest absolute Gasteiger partial charge is 0.481 e.